The molecular formula is C17H14FN3O2S2. The standard InChI is InChI=1S/C17H14FN3O2S2/c18-11-3-5-12(6-4-11)21(8-7-15(19)22)17(23)13-10-25-16(20-13)14-2-1-9-24-14/h1-6,9-10H,7-8H2,(H2,19,22). The zero-order chi connectivity index (χ0) is 17.8. The Hall–Kier alpha value is -2.58. The molecule has 0 bridgehead atoms. The van der Waals surface area contributed by atoms with Gasteiger partial charge in [0.05, 0.1) is 4.88 Å². The van der Waals surface area contributed by atoms with E-state index in [0.29, 0.717) is 5.69 Å². The van der Waals surface area contributed by atoms with Gasteiger partial charge in [0.2, 0.25) is 5.91 Å². The molecule has 0 atom stereocenters. The van der Waals surface area contributed by atoms with E-state index in [0.717, 1.165) is 9.88 Å². The molecule has 0 aliphatic rings. The Labute approximate surface area is 151 Å². The molecule has 0 aliphatic heterocycles. The maximum absolute atomic E-state index is 13.2. The number of aromatic nitrogens is 1. The van der Waals surface area contributed by atoms with Crippen LogP contribution in [-0.2, 0) is 4.79 Å². The fraction of sp³-hybridized carbons (Fsp3) is 0.118. The van der Waals surface area contributed by atoms with Gasteiger partial charge in [0.25, 0.3) is 5.91 Å². The molecule has 5 nitrogen and oxygen atoms in total. The predicted molar refractivity (Wildman–Crippen MR) is 97.3 cm³/mol. The molecule has 1 aromatic carbocycles. The summed E-state index contributed by atoms with van der Waals surface area (Å²) >= 11 is 2.92. The van der Waals surface area contributed by atoms with Crippen LogP contribution in [0.3, 0.4) is 0 Å². The quantitative estimate of drug-likeness (QED) is 0.716. The van der Waals surface area contributed by atoms with Gasteiger partial charge >= 0.3 is 0 Å². The second kappa shape index (κ2) is 7.54. The minimum atomic E-state index is -0.516. The molecule has 2 N–H and O–H groups in total. The Balaban J connectivity index is 1.88. The molecule has 0 fully saturated rings. The van der Waals surface area contributed by atoms with Crippen molar-refractivity contribution in [3.63, 3.8) is 0 Å². The van der Waals surface area contributed by atoms with E-state index in [-0.39, 0.29) is 24.6 Å². The van der Waals surface area contributed by atoms with Gasteiger partial charge in [-0.05, 0) is 35.7 Å². The molecule has 0 spiro atoms. The van der Waals surface area contributed by atoms with E-state index in [1.54, 1.807) is 16.7 Å². The third kappa shape index (κ3) is 4.09. The van der Waals surface area contributed by atoms with Crippen molar-refractivity contribution in [1.29, 1.82) is 0 Å². The summed E-state index contributed by atoms with van der Waals surface area (Å²) < 4.78 is 13.2. The van der Waals surface area contributed by atoms with Crippen molar-refractivity contribution in [2.75, 3.05) is 11.4 Å². The molecule has 0 radical (unpaired) electrons. The van der Waals surface area contributed by atoms with E-state index < -0.39 is 11.7 Å². The van der Waals surface area contributed by atoms with Gasteiger partial charge in [0.1, 0.15) is 16.5 Å². The summed E-state index contributed by atoms with van der Waals surface area (Å²) in [6.45, 7) is 0.103. The van der Waals surface area contributed by atoms with E-state index in [9.17, 15) is 14.0 Å². The number of nitrogens with zero attached hydrogens (tertiary/aromatic N) is 2. The average Bonchev–Trinajstić information content (AvgIpc) is 3.27. The highest BCUT2D eigenvalue weighted by Crippen LogP contribution is 2.29. The lowest BCUT2D eigenvalue weighted by Crippen LogP contribution is -2.34. The number of halogens is 1. The summed E-state index contributed by atoms with van der Waals surface area (Å²) in [5, 5.41) is 4.38. The van der Waals surface area contributed by atoms with Gasteiger partial charge in [-0.3, -0.25) is 9.59 Å². The van der Waals surface area contributed by atoms with Crippen LogP contribution in [0.15, 0.2) is 47.2 Å². The van der Waals surface area contributed by atoms with Gasteiger partial charge in [-0.25, -0.2) is 9.37 Å². The number of hydrogen-bond donors (Lipinski definition) is 1. The number of carbonyl (C=O) groups excluding carboxylic acids is 2. The number of thiazole rings is 1. The molecule has 2 aromatic heterocycles. The summed E-state index contributed by atoms with van der Waals surface area (Å²) in [6, 6.07) is 9.35. The number of benzene rings is 1. The Morgan fingerprint density at radius 1 is 1.16 bits per heavy atom. The van der Waals surface area contributed by atoms with Gasteiger partial charge in [0.15, 0.2) is 0 Å². The molecule has 25 heavy (non-hydrogen) atoms. The summed E-state index contributed by atoms with van der Waals surface area (Å²) in [5.74, 6) is -1.27. The Morgan fingerprint density at radius 3 is 2.56 bits per heavy atom. The fourth-order valence-corrected chi connectivity index (χ4v) is 3.82. The second-order valence-corrected chi connectivity index (χ2v) is 6.97. The summed E-state index contributed by atoms with van der Waals surface area (Å²) in [5.41, 5.74) is 5.97. The highest BCUT2D eigenvalue weighted by atomic mass is 32.1. The van der Waals surface area contributed by atoms with Crippen molar-refractivity contribution < 1.29 is 14.0 Å². The third-order valence-electron chi connectivity index (χ3n) is 3.42. The first kappa shape index (κ1) is 17.2. The molecule has 2 amide bonds. The maximum atomic E-state index is 13.2. The molecule has 128 valence electrons. The van der Waals surface area contributed by atoms with Gasteiger partial charge in [0, 0.05) is 24.0 Å². The second-order valence-electron chi connectivity index (χ2n) is 5.16. The van der Waals surface area contributed by atoms with Crippen molar-refractivity contribution in [2.45, 2.75) is 6.42 Å². The molecule has 0 saturated carbocycles. The van der Waals surface area contributed by atoms with Gasteiger partial charge in [-0.1, -0.05) is 6.07 Å². The first-order chi connectivity index (χ1) is 12.0. The minimum absolute atomic E-state index is 0.00500. The molecule has 0 unspecified atom stereocenters. The van der Waals surface area contributed by atoms with Crippen molar-refractivity contribution in [3.8, 4) is 9.88 Å². The van der Waals surface area contributed by atoms with Crippen LogP contribution in [0.25, 0.3) is 9.88 Å². The number of nitrogens with two attached hydrogens (primary N) is 1. The monoisotopic (exact) mass is 375 g/mol. The van der Waals surface area contributed by atoms with E-state index in [1.165, 1.54) is 40.5 Å². The number of carbonyl (C=O) groups is 2. The van der Waals surface area contributed by atoms with E-state index in [4.69, 9.17) is 5.73 Å². The van der Waals surface area contributed by atoms with Crippen LogP contribution in [0.5, 0.6) is 0 Å². The first-order valence-corrected chi connectivity index (χ1v) is 9.15. The molecule has 3 rings (SSSR count). The SMILES string of the molecule is NC(=O)CCN(C(=O)c1csc(-c2cccs2)n1)c1ccc(F)cc1. The van der Waals surface area contributed by atoms with Crippen LogP contribution in [0, 0.1) is 5.82 Å². The minimum Gasteiger partial charge on any atom is -0.370 e. The van der Waals surface area contributed by atoms with Gasteiger partial charge in [-0.15, -0.1) is 22.7 Å². The van der Waals surface area contributed by atoms with Crippen LogP contribution in [0.4, 0.5) is 10.1 Å². The molecular weight excluding hydrogens is 361 g/mol. The van der Waals surface area contributed by atoms with Crippen molar-refractivity contribution >= 4 is 40.2 Å². The number of thiophene rings is 1. The van der Waals surface area contributed by atoms with Crippen molar-refractivity contribution in [1.82, 2.24) is 4.98 Å². The number of primary amides is 1. The van der Waals surface area contributed by atoms with Crippen LogP contribution in [0.1, 0.15) is 16.9 Å². The van der Waals surface area contributed by atoms with E-state index >= 15 is 0 Å². The topological polar surface area (TPSA) is 76.3 Å². The van der Waals surface area contributed by atoms with Crippen LogP contribution >= 0.6 is 22.7 Å². The third-order valence-corrected chi connectivity index (χ3v) is 5.30. The van der Waals surface area contributed by atoms with Crippen molar-refractivity contribution in [2.24, 2.45) is 5.73 Å². The lowest BCUT2D eigenvalue weighted by molar-refractivity contribution is -0.117. The van der Waals surface area contributed by atoms with E-state index in [2.05, 4.69) is 4.98 Å². The molecule has 8 heteroatoms. The predicted octanol–water partition coefficient (Wildman–Crippen LogP) is 3.53. The number of rotatable bonds is 6. The Bertz CT molecular complexity index is 876. The molecule has 0 saturated heterocycles. The van der Waals surface area contributed by atoms with Crippen LogP contribution < -0.4 is 10.6 Å². The Morgan fingerprint density at radius 2 is 1.92 bits per heavy atom. The zero-order valence-corrected chi connectivity index (χ0v) is 14.6. The summed E-state index contributed by atoms with van der Waals surface area (Å²) in [7, 11) is 0. The lowest BCUT2D eigenvalue weighted by Gasteiger charge is -2.21. The highest BCUT2D eigenvalue weighted by Gasteiger charge is 2.21. The maximum Gasteiger partial charge on any atom is 0.277 e. The Kier molecular flexibility index (Phi) is 5.20. The average molecular weight is 375 g/mol. The zero-order valence-electron chi connectivity index (χ0n) is 13.0. The number of anilines is 1. The molecule has 0 aliphatic carbocycles. The van der Waals surface area contributed by atoms with Crippen molar-refractivity contribution in [3.05, 3.63) is 58.7 Å². The largest absolute Gasteiger partial charge is 0.370 e. The smallest absolute Gasteiger partial charge is 0.277 e. The number of hydrogen-bond acceptors (Lipinski definition) is 5. The first-order valence-electron chi connectivity index (χ1n) is 7.40. The summed E-state index contributed by atoms with van der Waals surface area (Å²) in [6.07, 6.45) is 0.00500. The van der Waals surface area contributed by atoms with Gasteiger partial charge < -0.3 is 10.6 Å². The molecule has 3 aromatic rings. The van der Waals surface area contributed by atoms with Crippen LogP contribution in [-0.4, -0.2) is 23.3 Å². The normalized spacial score (nSPS) is 10.6. The van der Waals surface area contributed by atoms with Gasteiger partial charge in [-0.2, -0.15) is 0 Å². The summed E-state index contributed by atoms with van der Waals surface area (Å²) in [4.78, 5) is 30.7. The number of amides is 2. The van der Waals surface area contributed by atoms with Crippen LogP contribution in [0.2, 0.25) is 0 Å². The van der Waals surface area contributed by atoms with E-state index in [1.807, 2.05) is 17.5 Å². The highest BCUT2D eigenvalue weighted by molar-refractivity contribution is 7.20. The fourth-order valence-electron chi connectivity index (χ4n) is 2.21. The molecule has 2 heterocycles. The lowest BCUT2D eigenvalue weighted by atomic mass is 10.2.